The van der Waals surface area contributed by atoms with E-state index >= 15 is 0 Å². The topological polar surface area (TPSA) is 51.3 Å². The number of aromatic nitrogens is 1. The minimum atomic E-state index is 0.0397. The molecule has 1 fully saturated rings. The smallest absolute Gasteiger partial charge is 0.250 e. The number of hydrogen-bond donors (Lipinski definition) is 1. The Morgan fingerprint density at radius 2 is 2.10 bits per heavy atom. The number of pyridine rings is 1. The van der Waals surface area contributed by atoms with E-state index in [9.17, 15) is 4.79 Å². The van der Waals surface area contributed by atoms with Gasteiger partial charge in [-0.15, -0.1) is 0 Å². The fraction of sp³-hybridized carbons (Fsp3) is 0.688. The molecular formula is C16H27N3O. The van der Waals surface area contributed by atoms with Crippen LogP contribution in [0.2, 0.25) is 0 Å². The van der Waals surface area contributed by atoms with Gasteiger partial charge >= 0.3 is 0 Å². The van der Waals surface area contributed by atoms with Crippen molar-refractivity contribution < 1.29 is 0 Å². The summed E-state index contributed by atoms with van der Waals surface area (Å²) in [4.78, 5) is 14.2. The summed E-state index contributed by atoms with van der Waals surface area (Å²) >= 11 is 0. The van der Waals surface area contributed by atoms with Gasteiger partial charge in [-0.25, -0.2) is 0 Å². The van der Waals surface area contributed by atoms with E-state index in [2.05, 4.69) is 11.8 Å². The highest BCUT2D eigenvalue weighted by Crippen LogP contribution is 2.21. The number of anilines is 1. The van der Waals surface area contributed by atoms with Crippen LogP contribution in [0.3, 0.4) is 0 Å². The van der Waals surface area contributed by atoms with E-state index < -0.39 is 0 Å². The van der Waals surface area contributed by atoms with Gasteiger partial charge in [-0.3, -0.25) is 4.79 Å². The largest absolute Gasteiger partial charge is 0.398 e. The van der Waals surface area contributed by atoms with E-state index in [1.807, 2.05) is 0 Å². The first-order valence-corrected chi connectivity index (χ1v) is 7.87. The minimum absolute atomic E-state index is 0.0397. The van der Waals surface area contributed by atoms with E-state index in [1.54, 1.807) is 22.9 Å². The zero-order chi connectivity index (χ0) is 14.4. The van der Waals surface area contributed by atoms with E-state index in [0.717, 1.165) is 25.6 Å². The average molecular weight is 277 g/mol. The van der Waals surface area contributed by atoms with Gasteiger partial charge in [-0.2, -0.15) is 0 Å². The van der Waals surface area contributed by atoms with Crippen LogP contribution in [0.4, 0.5) is 5.69 Å². The lowest BCUT2D eigenvalue weighted by molar-refractivity contribution is 0.267. The van der Waals surface area contributed by atoms with Crippen LogP contribution >= 0.6 is 0 Å². The maximum absolute atomic E-state index is 11.7. The van der Waals surface area contributed by atoms with Crippen LogP contribution in [-0.2, 0) is 6.54 Å². The van der Waals surface area contributed by atoms with Crippen LogP contribution in [0.1, 0.15) is 39.0 Å². The van der Waals surface area contributed by atoms with Gasteiger partial charge in [0.2, 0.25) is 0 Å². The van der Waals surface area contributed by atoms with E-state index in [1.165, 1.54) is 38.6 Å². The van der Waals surface area contributed by atoms with Crippen LogP contribution in [0.15, 0.2) is 23.1 Å². The van der Waals surface area contributed by atoms with Gasteiger partial charge in [-0.1, -0.05) is 19.8 Å². The summed E-state index contributed by atoms with van der Waals surface area (Å²) in [6.45, 7) is 6.29. The lowest BCUT2D eigenvalue weighted by Crippen LogP contribution is -2.31. The van der Waals surface area contributed by atoms with Crippen molar-refractivity contribution in [3.8, 4) is 0 Å². The molecule has 0 spiro atoms. The molecule has 1 aromatic heterocycles. The first-order valence-electron chi connectivity index (χ1n) is 7.87. The highest BCUT2D eigenvalue weighted by atomic mass is 16.1. The van der Waals surface area contributed by atoms with Crippen molar-refractivity contribution >= 4 is 5.69 Å². The molecule has 0 aromatic carbocycles. The van der Waals surface area contributed by atoms with E-state index in [4.69, 9.17) is 5.73 Å². The molecule has 1 aromatic rings. The fourth-order valence-corrected chi connectivity index (χ4v) is 3.12. The Bertz CT molecular complexity index is 469. The molecule has 0 aliphatic carbocycles. The van der Waals surface area contributed by atoms with Crippen molar-refractivity contribution in [2.45, 2.75) is 45.6 Å². The zero-order valence-corrected chi connectivity index (χ0v) is 12.6. The molecule has 1 aliphatic heterocycles. The predicted octanol–water partition coefficient (Wildman–Crippen LogP) is 2.33. The number of rotatable bonds is 5. The molecule has 112 valence electrons. The van der Waals surface area contributed by atoms with Gasteiger partial charge in [0.1, 0.15) is 0 Å². The SMILES string of the molecule is CCCC1CCCN(CCn2cc(N)ccc2=O)CC1. The second-order valence-corrected chi connectivity index (χ2v) is 5.92. The second kappa shape index (κ2) is 7.48. The van der Waals surface area contributed by atoms with Crippen LogP contribution in [-0.4, -0.2) is 29.1 Å². The maximum atomic E-state index is 11.7. The first-order chi connectivity index (χ1) is 9.69. The third-order valence-corrected chi connectivity index (χ3v) is 4.30. The van der Waals surface area contributed by atoms with E-state index in [0.29, 0.717) is 5.69 Å². The predicted molar refractivity (Wildman–Crippen MR) is 83.8 cm³/mol. The number of nitrogens with zero attached hydrogens (tertiary/aromatic N) is 2. The second-order valence-electron chi connectivity index (χ2n) is 5.92. The molecule has 0 amide bonds. The van der Waals surface area contributed by atoms with Crippen molar-refractivity contribution in [2.24, 2.45) is 5.92 Å². The van der Waals surface area contributed by atoms with Gasteiger partial charge in [0.05, 0.1) is 0 Å². The van der Waals surface area contributed by atoms with Crippen molar-refractivity contribution in [3.63, 3.8) is 0 Å². The Labute approximate surface area is 121 Å². The van der Waals surface area contributed by atoms with Crippen LogP contribution in [0.5, 0.6) is 0 Å². The van der Waals surface area contributed by atoms with Gasteiger partial charge in [0.15, 0.2) is 0 Å². The van der Waals surface area contributed by atoms with Crippen molar-refractivity contribution in [1.82, 2.24) is 9.47 Å². The number of likely N-dealkylation sites (tertiary alicyclic amines) is 1. The van der Waals surface area contributed by atoms with Gasteiger partial charge in [0, 0.05) is 31.0 Å². The summed E-state index contributed by atoms with van der Waals surface area (Å²) in [7, 11) is 0. The Morgan fingerprint density at radius 1 is 1.25 bits per heavy atom. The molecule has 2 rings (SSSR count). The van der Waals surface area contributed by atoms with Gasteiger partial charge in [-0.05, 0) is 44.3 Å². The molecule has 2 heterocycles. The summed E-state index contributed by atoms with van der Waals surface area (Å²) in [5.41, 5.74) is 6.44. The third-order valence-electron chi connectivity index (χ3n) is 4.30. The van der Waals surface area contributed by atoms with Gasteiger partial charge < -0.3 is 15.2 Å². The molecule has 1 unspecified atom stereocenters. The van der Waals surface area contributed by atoms with E-state index in [-0.39, 0.29) is 5.56 Å². The van der Waals surface area contributed by atoms with Crippen molar-refractivity contribution in [3.05, 3.63) is 28.7 Å². The molecule has 0 radical (unpaired) electrons. The van der Waals surface area contributed by atoms with Crippen LogP contribution in [0.25, 0.3) is 0 Å². The summed E-state index contributed by atoms with van der Waals surface area (Å²) in [5, 5.41) is 0. The normalized spacial score (nSPS) is 20.8. The lowest BCUT2D eigenvalue weighted by Gasteiger charge is -2.20. The molecule has 4 heteroatoms. The summed E-state index contributed by atoms with van der Waals surface area (Å²) < 4.78 is 1.73. The maximum Gasteiger partial charge on any atom is 0.250 e. The van der Waals surface area contributed by atoms with Gasteiger partial charge in [0.25, 0.3) is 5.56 Å². The van der Waals surface area contributed by atoms with Crippen LogP contribution in [0, 0.1) is 5.92 Å². The fourth-order valence-electron chi connectivity index (χ4n) is 3.12. The molecular weight excluding hydrogens is 250 g/mol. The summed E-state index contributed by atoms with van der Waals surface area (Å²) in [5.74, 6) is 0.903. The molecule has 20 heavy (non-hydrogen) atoms. The average Bonchev–Trinajstić information content (AvgIpc) is 2.66. The molecule has 2 N–H and O–H groups in total. The summed E-state index contributed by atoms with van der Waals surface area (Å²) in [6.07, 6.45) is 8.37. The highest BCUT2D eigenvalue weighted by molar-refractivity contribution is 5.33. The molecule has 1 saturated heterocycles. The monoisotopic (exact) mass is 277 g/mol. The Morgan fingerprint density at radius 3 is 2.90 bits per heavy atom. The highest BCUT2D eigenvalue weighted by Gasteiger charge is 2.16. The zero-order valence-electron chi connectivity index (χ0n) is 12.6. The molecule has 1 atom stereocenters. The lowest BCUT2D eigenvalue weighted by atomic mass is 9.96. The molecule has 0 bridgehead atoms. The molecule has 0 saturated carbocycles. The Balaban J connectivity index is 1.85. The number of nitrogens with two attached hydrogens (primary N) is 1. The summed E-state index contributed by atoms with van der Waals surface area (Å²) in [6, 6.07) is 3.22. The molecule has 4 nitrogen and oxygen atoms in total. The quantitative estimate of drug-likeness (QED) is 0.898. The number of nitrogen functional groups attached to an aromatic ring is 1. The minimum Gasteiger partial charge on any atom is -0.398 e. The van der Waals surface area contributed by atoms with Crippen molar-refractivity contribution in [1.29, 1.82) is 0 Å². The third kappa shape index (κ3) is 4.37. The Hall–Kier alpha value is -1.29. The van der Waals surface area contributed by atoms with Crippen molar-refractivity contribution in [2.75, 3.05) is 25.4 Å². The number of hydrogen-bond acceptors (Lipinski definition) is 3. The molecule has 1 aliphatic rings. The standard InChI is InChI=1S/C16H27N3O/c1-2-4-14-5-3-9-18(10-8-14)11-12-19-13-15(17)6-7-16(19)20/h6-7,13-14H,2-5,8-12,17H2,1H3. The van der Waals surface area contributed by atoms with Crippen LogP contribution < -0.4 is 11.3 Å². The first kappa shape index (κ1) is 15.1. The Kier molecular flexibility index (Phi) is 5.65.